The van der Waals surface area contributed by atoms with Crippen LogP contribution in [0, 0.1) is 6.92 Å². The monoisotopic (exact) mass is 265 g/mol. The van der Waals surface area contributed by atoms with E-state index in [1.165, 1.54) is 0 Å². The third-order valence-corrected chi connectivity index (χ3v) is 2.42. The average molecular weight is 265 g/mol. The average Bonchev–Trinajstić information content (AvgIpc) is 2.29. The van der Waals surface area contributed by atoms with Crippen LogP contribution in [-0.2, 0) is 4.74 Å². The number of hydrogen-bond donors (Lipinski definition) is 1. The second-order valence-corrected chi connectivity index (χ2v) is 4.09. The molecule has 1 aromatic rings. The molecule has 0 heterocycles. The Hall–Kier alpha value is -1.14. The van der Waals surface area contributed by atoms with Crippen LogP contribution in [-0.4, -0.2) is 25.6 Å². The van der Waals surface area contributed by atoms with E-state index in [-0.39, 0.29) is 6.61 Å². The lowest BCUT2D eigenvalue weighted by atomic mass is 10.1. The van der Waals surface area contributed by atoms with E-state index in [2.05, 4.69) is 4.74 Å². The second kappa shape index (κ2) is 6.15. The number of aryl methyl sites for hydroxylation is 1. The van der Waals surface area contributed by atoms with E-state index >= 15 is 0 Å². The number of ether oxygens (including phenoxy) is 1. The van der Waals surface area contributed by atoms with Gasteiger partial charge in [-0.25, -0.2) is 8.78 Å². The quantitative estimate of drug-likeness (QED) is 0.803. The van der Waals surface area contributed by atoms with E-state index in [1.54, 1.807) is 12.1 Å². The lowest BCUT2D eigenvalue weighted by molar-refractivity contribution is -0.166. The summed E-state index contributed by atoms with van der Waals surface area (Å²) in [6, 6.07) is 6.52. The largest absolute Gasteiger partial charge is 0.373 e. The first-order valence-corrected chi connectivity index (χ1v) is 5.39. The Morgan fingerprint density at radius 1 is 1.22 bits per heavy atom. The Kier molecular flexibility index (Phi) is 5.10. The van der Waals surface area contributed by atoms with Crippen molar-refractivity contribution in [3.05, 3.63) is 35.4 Å². The van der Waals surface area contributed by atoms with E-state index < -0.39 is 25.0 Å². The highest BCUT2D eigenvalue weighted by molar-refractivity contribution is 5.23. The van der Waals surface area contributed by atoms with Gasteiger partial charge in [-0.05, 0) is 12.5 Å². The van der Waals surface area contributed by atoms with Crippen molar-refractivity contribution in [1.82, 2.24) is 0 Å². The minimum absolute atomic E-state index is 0.231. The Balaban J connectivity index is 2.42. The Labute approximate surface area is 103 Å². The number of benzene rings is 1. The molecule has 0 spiro atoms. The minimum atomic E-state index is -4.13. The van der Waals surface area contributed by atoms with Gasteiger partial charge in [-0.15, -0.1) is 0 Å². The molecule has 1 atom stereocenters. The van der Waals surface area contributed by atoms with Gasteiger partial charge in [0.25, 0.3) is 0 Å². The summed E-state index contributed by atoms with van der Waals surface area (Å²) in [4.78, 5) is 0. The van der Waals surface area contributed by atoms with Crippen molar-refractivity contribution in [3.8, 4) is 0 Å². The van der Waals surface area contributed by atoms with Gasteiger partial charge < -0.3 is 10.5 Å². The van der Waals surface area contributed by atoms with Gasteiger partial charge in [0, 0.05) is 0 Å². The highest BCUT2D eigenvalue weighted by Gasteiger charge is 2.41. The molecule has 0 bridgehead atoms. The first-order chi connectivity index (χ1) is 8.33. The molecule has 2 N–H and O–H groups in total. The fourth-order valence-corrected chi connectivity index (χ4v) is 1.29. The molecule has 102 valence electrons. The van der Waals surface area contributed by atoms with Gasteiger partial charge in [-0.2, -0.15) is 8.78 Å². The number of hydrogen-bond acceptors (Lipinski definition) is 2. The highest BCUT2D eigenvalue weighted by atomic mass is 19.3. The molecule has 2 nitrogen and oxygen atoms in total. The summed E-state index contributed by atoms with van der Waals surface area (Å²) in [5.74, 6) is -4.13. The van der Waals surface area contributed by atoms with E-state index in [9.17, 15) is 17.6 Å². The van der Waals surface area contributed by atoms with Crippen LogP contribution < -0.4 is 5.73 Å². The summed E-state index contributed by atoms with van der Waals surface area (Å²) in [5, 5.41) is 0. The number of alkyl halides is 4. The fourth-order valence-electron chi connectivity index (χ4n) is 1.29. The van der Waals surface area contributed by atoms with Gasteiger partial charge >= 0.3 is 12.3 Å². The first-order valence-electron chi connectivity index (χ1n) is 5.39. The molecule has 0 aliphatic carbocycles. The SMILES string of the molecule is Cc1ccc(C(N)COCC(F)(F)C(F)F)cc1. The Morgan fingerprint density at radius 3 is 2.28 bits per heavy atom. The summed E-state index contributed by atoms with van der Waals surface area (Å²) in [7, 11) is 0. The smallest absolute Gasteiger partial charge is 0.330 e. The molecule has 0 aromatic heterocycles. The van der Waals surface area contributed by atoms with E-state index in [1.807, 2.05) is 19.1 Å². The summed E-state index contributed by atoms with van der Waals surface area (Å²) in [6.45, 7) is 0.338. The third-order valence-electron chi connectivity index (χ3n) is 2.42. The molecule has 0 radical (unpaired) electrons. The van der Waals surface area contributed by atoms with Crippen molar-refractivity contribution in [2.75, 3.05) is 13.2 Å². The van der Waals surface area contributed by atoms with Gasteiger partial charge in [0.15, 0.2) is 0 Å². The zero-order valence-electron chi connectivity index (χ0n) is 9.88. The molecule has 0 saturated carbocycles. The van der Waals surface area contributed by atoms with Crippen LogP contribution in [0.1, 0.15) is 17.2 Å². The zero-order chi connectivity index (χ0) is 13.8. The van der Waals surface area contributed by atoms with E-state index in [0.717, 1.165) is 5.56 Å². The molecule has 0 aliphatic rings. The maximum atomic E-state index is 12.5. The topological polar surface area (TPSA) is 35.2 Å². The predicted molar refractivity (Wildman–Crippen MR) is 59.9 cm³/mol. The molecular weight excluding hydrogens is 250 g/mol. The lowest BCUT2D eigenvalue weighted by Crippen LogP contribution is -2.33. The van der Waals surface area contributed by atoms with Crippen molar-refractivity contribution >= 4 is 0 Å². The molecule has 0 amide bonds. The molecule has 0 fully saturated rings. The van der Waals surface area contributed by atoms with Crippen molar-refractivity contribution in [1.29, 1.82) is 0 Å². The van der Waals surface area contributed by atoms with Gasteiger partial charge in [0.05, 0.1) is 12.6 Å². The molecule has 1 rings (SSSR count). The predicted octanol–water partition coefficient (Wildman–Crippen LogP) is 2.91. The van der Waals surface area contributed by atoms with Crippen molar-refractivity contribution < 1.29 is 22.3 Å². The molecule has 6 heteroatoms. The summed E-state index contributed by atoms with van der Waals surface area (Å²) >= 11 is 0. The number of halogens is 4. The summed E-state index contributed by atoms with van der Waals surface area (Å²) in [5.41, 5.74) is 7.44. The van der Waals surface area contributed by atoms with Crippen LogP contribution in [0.2, 0.25) is 0 Å². The molecule has 1 unspecified atom stereocenters. The number of nitrogens with two attached hydrogens (primary N) is 1. The van der Waals surface area contributed by atoms with Gasteiger partial charge in [0.2, 0.25) is 0 Å². The first kappa shape index (κ1) is 14.9. The van der Waals surface area contributed by atoms with Crippen LogP contribution in [0.5, 0.6) is 0 Å². The maximum absolute atomic E-state index is 12.5. The van der Waals surface area contributed by atoms with E-state index in [4.69, 9.17) is 5.73 Å². The van der Waals surface area contributed by atoms with Gasteiger partial charge in [-0.1, -0.05) is 29.8 Å². The van der Waals surface area contributed by atoms with Crippen molar-refractivity contribution in [2.45, 2.75) is 25.3 Å². The number of rotatable bonds is 6. The van der Waals surface area contributed by atoms with Gasteiger partial charge in [-0.3, -0.25) is 0 Å². The lowest BCUT2D eigenvalue weighted by Gasteiger charge is -2.17. The normalized spacial score (nSPS) is 13.9. The highest BCUT2D eigenvalue weighted by Crippen LogP contribution is 2.23. The van der Waals surface area contributed by atoms with Crippen LogP contribution in [0.4, 0.5) is 17.6 Å². The van der Waals surface area contributed by atoms with Gasteiger partial charge in [0.1, 0.15) is 6.61 Å². The van der Waals surface area contributed by atoms with Crippen LogP contribution >= 0.6 is 0 Å². The molecular formula is C12H15F4NO. The molecule has 0 saturated heterocycles. The van der Waals surface area contributed by atoms with E-state index in [0.29, 0.717) is 5.56 Å². The summed E-state index contributed by atoms with van der Waals surface area (Å²) in [6.07, 6.45) is -3.73. The minimum Gasteiger partial charge on any atom is -0.373 e. The van der Waals surface area contributed by atoms with Crippen LogP contribution in [0.3, 0.4) is 0 Å². The second-order valence-electron chi connectivity index (χ2n) is 4.09. The third kappa shape index (κ3) is 4.27. The molecule has 18 heavy (non-hydrogen) atoms. The summed E-state index contributed by atoms with van der Waals surface area (Å²) < 4.78 is 53.3. The van der Waals surface area contributed by atoms with Crippen LogP contribution in [0.15, 0.2) is 24.3 Å². The van der Waals surface area contributed by atoms with Crippen LogP contribution in [0.25, 0.3) is 0 Å². The fraction of sp³-hybridized carbons (Fsp3) is 0.500. The Morgan fingerprint density at radius 2 is 1.78 bits per heavy atom. The zero-order valence-corrected chi connectivity index (χ0v) is 9.88. The van der Waals surface area contributed by atoms with Crippen molar-refractivity contribution in [2.24, 2.45) is 5.73 Å². The van der Waals surface area contributed by atoms with Crippen molar-refractivity contribution in [3.63, 3.8) is 0 Å². The molecule has 1 aromatic carbocycles. The maximum Gasteiger partial charge on any atom is 0.330 e. The standard InChI is InChI=1S/C12H15F4NO/c1-8-2-4-9(5-3-8)10(17)6-18-7-12(15,16)11(13)14/h2-5,10-11H,6-7,17H2,1H3. The molecule has 0 aliphatic heterocycles. The Bertz CT molecular complexity index is 367.